The molecular weight excluding hydrogens is 467 g/mol. The Kier molecular flexibility index (Phi) is 7.49. The highest BCUT2D eigenvalue weighted by molar-refractivity contribution is 6.42. The van der Waals surface area contributed by atoms with Gasteiger partial charge in [-0.3, -0.25) is 0 Å². The van der Waals surface area contributed by atoms with Crippen LogP contribution in [0.5, 0.6) is 0 Å². The summed E-state index contributed by atoms with van der Waals surface area (Å²) >= 11 is 19.3. The summed E-state index contributed by atoms with van der Waals surface area (Å²) in [7, 11) is 0. The molecule has 0 aromatic heterocycles. The molecule has 3 aromatic rings. The van der Waals surface area contributed by atoms with E-state index in [1.807, 2.05) is 12.1 Å². The summed E-state index contributed by atoms with van der Waals surface area (Å²) in [6.07, 6.45) is 2.14. The minimum atomic E-state index is 0.303. The first-order valence-corrected chi connectivity index (χ1v) is 13.2. The Morgan fingerprint density at radius 1 is 0.727 bits per heavy atom. The molecule has 0 spiro atoms. The Bertz CT molecular complexity index is 1150. The molecule has 3 atom stereocenters. The molecule has 174 valence electrons. The lowest BCUT2D eigenvalue weighted by Gasteiger charge is -2.18. The summed E-state index contributed by atoms with van der Waals surface area (Å²) in [5, 5.41) is 2.21. The lowest BCUT2D eigenvalue weighted by molar-refractivity contribution is 0.753. The highest BCUT2D eigenvalue weighted by Crippen LogP contribution is 2.56. The van der Waals surface area contributed by atoms with E-state index in [9.17, 15) is 0 Å². The zero-order valence-electron chi connectivity index (χ0n) is 20.1. The van der Waals surface area contributed by atoms with E-state index in [-0.39, 0.29) is 0 Å². The van der Waals surface area contributed by atoms with E-state index in [4.69, 9.17) is 34.8 Å². The van der Waals surface area contributed by atoms with Gasteiger partial charge in [-0.2, -0.15) is 0 Å². The normalized spacial score (nSPS) is 18.7. The summed E-state index contributed by atoms with van der Waals surface area (Å²) < 4.78 is 0. The third-order valence-corrected chi connectivity index (χ3v) is 8.25. The first-order valence-electron chi connectivity index (χ1n) is 12.0. The van der Waals surface area contributed by atoms with Crippen molar-refractivity contribution in [2.45, 2.75) is 77.0 Å². The number of halogens is 3. The monoisotopic (exact) mass is 498 g/mol. The van der Waals surface area contributed by atoms with Crippen molar-refractivity contribution < 1.29 is 0 Å². The van der Waals surface area contributed by atoms with Crippen molar-refractivity contribution >= 4 is 34.8 Å². The molecular formula is C30H33Cl3. The van der Waals surface area contributed by atoms with Gasteiger partial charge in [-0.15, -0.1) is 0 Å². The summed E-state index contributed by atoms with van der Waals surface area (Å²) in [5.74, 6) is 2.38. The highest BCUT2D eigenvalue weighted by Gasteiger charge is 2.41. The molecule has 0 radical (unpaired) electrons. The van der Waals surface area contributed by atoms with Gasteiger partial charge >= 0.3 is 0 Å². The average molecular weight is 500 g/mol. The molecule has 0 aliphatic heterocycles. The van der Waals surface area contributed by atoms with Gasteiger partial charge in [0.2, 0.25) is 0 Å². The van der Waals surface area contributed by atoms with Gasteiger partial charge in [0, 0.05) is 5.02 Å². The number of hydrogen-bond acceptors (Lipinski definition) is 0. The van der Waals surface area contributed by atoms with Gasteiger partial charge in [0.05, 0.1) is 10.0 Å². The first-order chi connectivity index (χ1) is 15.7. The van der Waals surface area contributed by atoms with Crippen molar-refractivity contribution in [3.8, 4) is 0 Å². The topological polar surface area (TPSA) is 0 Å². The second-order valence-electron chi connectivity index (χ2n) is 10.3. The summed E-state index contributed by atoms with van der Waals surface area (Å²) in [5.41, 5.74) is 8.04. The van der Waals surface area contributed by atoms with Crippen molar-refractivity contribution in [3.05, 3.63) is 103 Å². The fourth-order valence-corrected chi connectivity index (χ4v) is 6.00. The van der Waals surface area contributed by atoms with E-state index in [2.05, 4.69) is 77.1 Å². The Morgan fingerprint density at radius 3 is 2.12 bits per heavy atom. The van der Waals surface area contributed by atoms with Gasteiger partial charge in [0.25, 0.3) is 0 Å². The zero-order valence-corrected chi connectivity index (χ0v) is 22.4. The van der Waals surface area contributed by atoms with Crippen molar-refractivity contribution in [1.29, 1.82) is 0 Å². The van der Waals surface area contributed by atoms with Gasteiger partial charge in [0.15, 0.2) is 0 Å². The van der Waals surface area contributed by atoms with E-state index in [1.54, 1.807) is 0 Å². The standard InChI is InChI=1S/C30H33Cl3/c1-17(2)22-12-10-21(15-29(22)32)26-16-27(26)24-11-9-20(14-25(24)18(3)4)13-19(5)23-7-6-8-28(31)30(23)33/h6-12,14-15,17-19,26-27H,13,16H2,1-5H3. The van der Waals surface area contributed by atoms with Crippen LogP contribution in [0.3, 0.4) is 0 Å². The molecule has 3 aromatic carbocycles. The average Bonchev–Trinajstić information content (AvgIpc) is 3.56. The predicted molar refractivity (Wildman–Crippen MR) is 145 cm³/mol. The SMILES string of the molecule is CC(C)c1ccc(C2CC2c2ccc(CC(C)c3cccc(Cl)c3Cl)cc2C(C)C)cc1Cl. The minimum Gasteiger partial charge on any atom is -0.0840 e. The van der Waals surface area contributed by atoms with Crippen LogP contribution in [0.1, 0.15) is 104 Å². The van der Waals surface area contributed by atoms with Crippen molar-refractivity contribution in [2.75, 3.05) is 0 Å². The second-order valence-corrected chi connectivity index (χ2v) is 11.4. The number of rotatable bonds is 7. The molecule has 1 aliphatic carbocycles. The van der Waals surface area contributed by atoms with Crippen LogP contribution >= 0.6 is 34.8 Å². The van der Waals surface area contributed by atoms with Gasteiger partial charge in [0.1, 0.15) is 0 Å². The largest absolute Gasteiger partial charge is 0.0840 e. The summed E-state index contributed by atoms with van der Waals surface area (Å²) in [4.78, 5) is 0. The molecule has 1 fully saturated rings. The Balaban J connectivity index is 1.55. The number of benzene rings is 3. The molecule has 0 amide bonds. The minimum absolute atomic E-state index is 0.303. The molecule has 1 aliphatic rings. The molecule has 4 rings (SSSR count). The Labute approximate surface area is 214 Å². The maximum absolute atomic E-state index is 6.59. The zero-order chi connectivity index (χ0) is 23.9. The van der Waals surface area contributed by atoms with Crippen LogP contribution in [-0.2, 0) is 6.42 Å². The van der Waals surface area contributed by atoms with Crippen LogP contribution < -0.4 is 0 Å². The molecule has 3 unspecified atom stereocenters. The van der Waals surface area contributed by atoms with Crippen molar-refractivity contribution in [1.82, 2.24) is 0 Å². The van der Waals surface area contributed by atoms with Crippen molar-refractivity contribution in [2.24, 2.45) is 0 Å². The fraction of sp³-hybridized carbons (Fsp3) is 0.400. The van der Waals surface area contributed by atoms with E-state index >= 15 is 0 Å². The lowest BCUT2D eigenvalue weighted by atomic mass is 9.87. The molecule has 0 N–H and O–H groups in total. The van der Waals surface area contributed by atoms with Crippen LogP contribution in [0.15, 0.2) is 54.6 Å². The predicted octanol–water partition coefficient (Wildman–Crippen LogP) is 10.5. The van der Waals surface area contributed by atoms with Gasteiger partial charge < -0.3 is 0 Å². The Hall–Kier alpha value is -1.47. The van der Waals surface area contributed by atoms with E-state index in [0.717, 1.165) is 17.0 Å². The Morgan fingerprint density at radius 2 is 1.45 bits per heavy atom. The quantitative estimate of drug-likeness (QED) is 0.303. The van der Waals surface area contributed by atoms with Gasteiger partial charge in [-0.25, -0.2) is 0 Å². The molecule has 0 heterocycles. The molecule has 0 bridgehead atoms. The molecule has 0 saturated heterocycles. The summed E-state index contributed by atoms with van der Waals surface area (Å²) in [6.45, 7) is 11.2. The van der Waals surface area contributed by atoms with Gasteiger partial charge in [-0.05, 0) is 87.9 Å². The van der Waals surface area contributed by atoms with Crippen LogP contribution in [0.25, 0.3) is 0 Å². The second kappa shape index (κ2) is 10.0. The van der Waals surface area contributed by atoms with Crippen molar-refractivity contribution in [3.63, 3.8) is 0 Å². The third kappa shape index (κ3) is 5.29. The number of hydrogen-bond donors (Lipinski definition) is 0. The smallest absolute Gasteiger partial charge is 0.0627 e. The van der Waals surface area contributed by atoms with Crippen LogP contribution in [-0.4, -0.2) is 0 Å². The lowest BCUT2D eigenvalue weighted by Crippen LogP contribution is -2.03. The van der Waals surface area contributed by atoms with E-state index < -0.39 is 0 Å². The molecule has 3 heteroatoms. The van der Waals surface area contributed by atoms with Crippen LogP contribution in [0, 0.1) is 0 Å². The molecule has 33 heavy (non-hydrogen) atoms. The summed E-state index contributed by atoms with van der Waals surface area (Å²) in [6, 6.07) is 19.7. The van der Waals surface area contributed by atoms with Crippen LogP contribution in [0.2, 0.25) is 15.1 Å². The maximum Gasteiger partial charge on any atom is 0.0627 e. The van der Waals surface area contributed by atoms with E-state index in [1.165, 1.54) is 34.2 Å². The third-order valence-electron chi connectivity index (χ3n) is 7.09. The maximum atomic E-state index is 6.59. The molecule has 0 nitrogen and oxygen atoms in total. The fourth-order valence-electron chi connectivity index (χ4n) is 5.10. The van der Waals surface area contributed by atoms with Gasteiger partial charge in [-0.1, -0.05) is 112 Å². The highest BCUT2D eigenvalue weighted by atomic mass is 35.5. The van der Waals surface area contributed by atoms with Crippen LogP contribution in [0.4, 0.5) is 0 Å². The van der Waals surface area contributed by atoms with E-state index in [0.29, 0.717) is 39.6 Å². The first kappa shape index (κ1) is 24.6. The molecule has 1 saturated carbocycles.